The van der Waals surface area contributed by atoms with E-state index in [0.717, 1.165) is 17.9 Å². The summed E-state index contributed by atoms with van der Waals surface area (Å²) in [5.74, 6) is 0.130. The van der Waals surface area contributed by atoms with Gasteiger partial charge in [0.15, 0.2) is 0 Å². The lowest BCUT2D eigenvalue weighted by molar-refractivity contribution is -0.122. The van der Waals surface area contributed by atoms with Gasteiger partial charge in [0.05, 0.1) is 24.0 Å². The molecule has 2 amide bonds. The number of hydrogen-bond acceptors (Lipinski definition) is 4. The number of anilines is 2. The Bertz CT molecular complexity index is 823. The third kappa shape index (κ3) is 4.32. The molecule has 0 aliphatic carbocycles. The summed E-state index contributed by atoms with van der Waals surface area (Å²) < 4.78 is 0. The van der Waals surface area contributed by atoms with Crippen molar-refractivity contribution in [2.45, 2.75) is 46.0 Å². The molecular formula is C21H26N4O2. The zero-order valence-corrected chi connectivity index (χ0v) is 16.3. The molecule has 3 rings (SSSR count). The van der Waals surface area contributed by atoms with E-state index in [-0.39, 0.29) is 29.6 Å². The SMILES string of the molecule is CCc1ccc(N2CC(C(=O)Nc3cnc(C(C)(C)C)nc3)CC2=O)cc1. The minimum Gasteiger partial charge on any atom is -0.323 e. The van der Waals surface area contributed by atoms with Crippen molar-refractivity contribution in [1.82, 2.24) is 9.97 Å². The van der Waals surface area contributed by atoms with Crippen LogP contribution in [-0.2, 0) is 21.4 Å². The molecule has 1 aliphatic rings. The third-order valence-corrected chi connectivity index (χ3v) is 4.74. The Hall–Kier alpha value is -2.76. The predicted molar refractivity (Wildman–Crippen MR) is 106 cm³/mol. The van der Waals surface area contributed by atoms with E-state index in [4.69, 9.17) is 0 Å². The van der Waals surface area contributed by atoms with Crippen LogP contribution >= 0.6 is 0 Å². The fraction of sp³-hybridized carbons (Fsp3) is 0.429. The summed E-state index contributed by atoms with van der Waals surface area (Å²) in [6.45, 7) is 8.58. The van der Waals surface area contributed by atoms with Gasteiger partial charge < -0.3 is 10.2 Å². The molecule has 6 nitrogen and oxygen atoms in total. The van der Waals surface area contributed by atoms with Crippen molar-refractivity contribution in [2.75, 3.05) is 16.8 Å². The molecule has 2 aromatic rings. The lowest BCUT2D eigenvalue weighted by Crippen LogP contribution is -2.28. The third-order valence-electron chi connectivity index (χ3n) is 4.74. The highest BCUT2D eigenvalue weighted by molar-refractivity contribution is 6.03. The van der Waals surface area contributed by atoms with Crippen molar-refractivity contribution in [3.05, 3.63) is 48.0 Å². The Kier molecular flexibility index (Phi) is 5.26. The molecule has 1 saturated heterocycles. The van der Waals surface area contributed by atoms with E-state index in [1.165, 1.54) is 5.56 Å². The van der Waals surface area contributed by atoms with Gasteiger partial charge in [0, 0.05) is 24.1 Å². The van der Waals surface area contributed by atoms with Gasteiger partial charge in [-0.25, -0.2) is 9.97 Å². The molecular weight excluding hydrogens is 340 g/mol. The molecule has 2 heterocycles. The van der Waals surface area contributed by atoms with Gasteiger partial charge >= 0.3 is 0 Å². The standard InChI is InChI=1S/C21H26N4O2/c1-5-14-6-8-17(9-7-14)25-13-15(10-18(25)26)19(27)24-16-11-22-20(23-12-16)21(2,3)4/h6-9,11-12,15H,5,10,13H2,1-4H3,(H,24,27). The van der Waals surface area contributed by atoms with Crippen LogP contribution in [0.15, 0.2) is 36.7 Å². The number of nitrogens with one attached hydrogen (secondary N) is 1. The van der Waals surface area contributed by atoms with Gasteiger partial charge in [0.1, 0.15) is 5.82 Å². The smallest absolute Gasteiger partial charge is 0.229 e. The first kappa shape index (κ1) is 19.0. The average Bonchev–Trinajstić information content (AvgIpc) is 3.03. The highest BCUT2D eigenvalue weighted by atomic mass is 16.2. The number of aromatic nitrogens is 2. The van der Waals surface area contributed by atoms with Crippen molar-refractivity contribution < 1.29 is 9.59 Å². The van der Waals surface area contributed by atoms with Crippen LogP contribution in [0.4, 0.5) is 11.4 Å². The lowest BCUT2D eigenvalue weighted by Gasteiger charge is -2.18. The normalized spacial score (nSPS) is 17.3. The molecule has 1 aliphatic heterocycles. The number of hydrogen-bond donors (Lipinski definition) is 1. The van der Waals surface area contributed by atoms with Gasteiger partial charge in [-0.3, -0.25) is 9.59 Å². The molecule has 1 aromatic carbocycles. The van der Waals surface area contributed by atoms with Gasteiger partial charge in [-0.1, -0.05) is 39.8 Å². The van der Waals surface area contributed by atoms with Crippen molar-refractivity contribution in [2.24, 2.45) is 5.92 Å². The van der Waals surface area contributed by atoms with Crippen LogP contribution in [0.1, 0.15) is 45.5 Å². The number of aryl methyl sites for hydroxylation is 1. The zero-order valence-electron chi connectivity index (χ0n) is 16.3. The van der Waals surface area contributed by atoms with Gasteiger partial charge in [0.2, 0.25) is 11.8 Å². The first-order valence-corrected chi connectivity index (χ1v) is 9.30. The molecule has 142 valence electrons. The largest absolute Gasteiger partial charge is 0.323 e. The van der Waals surface area contributed by atoms with Crippen LogP contribution in [0, 0.1) is 5.92 Å². The van der Waals surface area contributed by atoms with Crippen LogP contribution in [0.5, 0.6) is 0 Å². The second kappa shape index (κ2) is 7.47. The van der Waals surface area contributed by atoms with E-state index < -0.39 is 0 Å². The van der Waals surface area contributed by atoms with Crippen molar-refractivity contribution in [1.29, 1.82) is 0 Å². The zero-order chi connectivity index (χ0) is 19.6. The number of amides is 2. The number of nitrogens with zero attached hydrogens (tertiary/aromatic N) is 3. The fourth-order valence-corrected chi connectivity index (χ4v) is 3.07. The summed E-state index contributed by atoms with van der Waals surface area (Å²) in [5, 5.41) is 2.83. The minimum absolute atomic E-state index is 0.0290. The van der Waals surface area contributed by atoms with Crippen LogP contribution in [0.3, 0.4) is 0 Å². The second-order valence-corrected chi connectivity index (χ2v) is 7.96. The summed E-state index contributed by atoms with van der Waals surface area (Å²) in [6, 6.07) is 7.92. The van der Waals surface area contributed by atoms with Crippen LogP contribution in [-0.4, -0.2) is 28.3 Å². The number of benzene rings is 1. The van der Waals surface area contributed by atoms with E-state index in [9.17, 15) is 9.59 Å². The Morgan fingerprint density at radius 1 is 1.19 bits per heavy atom. The van der Waals surface area contributed by atoms with Crippen LogP contribution < -0.4 is 10.2 Å². The van der Waals surface area contributed by atoms with E-state index >= 15 is 0 Å². The second-order valence-electron chi connectivity index (χ2n) is 7.96. The first-order valence-electron chi connectivity index (χ1n) is 9.30. The average molecular weight is 366 g/mol. The Morgan fingerprint density at radius 3 is 2.37 bits per heavy atom. The molecule has 0 radical (unpaired) electrons. The molecule has 1 N–H and O–H groups in total. The molecule has 27 heavy (non-hydrogen) atoms. The van der Waals surface area contributed by atoms with Crippen LogP contribution in [0.2, 0.25) is 0 Å². The number of carbonyl (C=O) groups is 2. The van der Waals surface area contributed by atoms with Crippen molar-refractivity contribution >= 4 is 23.2 Å². The first-order chi connectivity index (χ1) is 12.8. The molecule has 6 heteroatoms. The molecule has 0 spiro atoms. The van der Waals surface area contributed by atoms with Gasteiger partial charge in [-0.05, 0) is 24.1 Å². The molecule has 1 unspecified atom stereocenters. The van der Waals surface area contributed by atoms with Gasteiger partial charge in [-0.15, -0.1) is 0 Å². The highest BCUT2D eigenvalue weighted by Gasteiger charge is 2.35. The molecule has 0 bridgehead atoms. The topological polar surface area (TPSA) is 75.2 Å². The quantitative estimate of drug-likeness (QED) is 0.901. The van der Waals surface area contributed by atoms with Gasteiger partial charge in [-0.2, -0.15) is 0 Å². The molecule has 1 aromatic heterocycles. The maximum atomic E-state index is 12.6. The van der Waals surface area contributed by atoms with Crippen molar-refractivity contribution in [3.63, 3.8) is 0 Å². The molecule has 1 atom stereocenters. The van der Waals surface area contributed by atoms with Gasteiger partial charge in [0.25, 0.3) is 0 Å². The van der Waals surface area contributed by atoms with E-state index in [0.29, 0.717) is 12.2 Å². The Balaban J connectivity index is 1.65. The number of carbonyl (C=O) groups excluding carboxylic acids is 2. The van der Waals surface area contributed by atoms with Crippen LogP contribution in [0.25, 0.3) is 0 Å². The highest BCUT2D eigenvalue weighted by Crippen LogP contribution is 2.26. The minimum atomic E-state index is -0.384. The fourth-order valence-electron chi connectivity index (χ4n) is 3.07. The summed E-state index contributed by atoms with van der Waals surface area (Å²) in [7, 11) is 0. The lowest BCUT2D eigenvalue weighted by atomic mass is 9.96. The van der Waals surface area contributed by atoms with E-state index in [2.05, 4.69) is 22.2 Å². The monoisotopic (exact) mass is 366 g/mol. The Labute approximate surface area is 160 Å². The Morgan fingerprint density at radius 2 is 1.81 bits per heavy atom. The molecule has 0 saturated carbocycles. The van der Waals surface area contributed by atoms with E-state index in [1.54, 1.807) is 17.3 Å². The molecule has 1 fully saturated rings. The number of rotatable bonds is 4. The summed E-state index contributed by atoms with van der Waals surface area (Å²) in [5.41, 5.74) is 2.46. The summed E-state index contributed by atoms with van der Waals surface area (Å²) in [6.07, 6.45) is 4.39. The predicted octanol–water partition coefficient (Wildman–Crippen LogP) is 3.33. The summed E-state index contributed by atoms with van der Waals surface area (Å²) >= 11 is 0. The maximum absolute atomic E-state index is 12.6. The van der Waals surface area contributed by atoms with Crippen molar-refractivity contribution in [3.8, 4) is 0 Å². The van der Waals surface area contributed by atoms with E-state index in [1.807, 2.05) is 45.0 Å². The summed E-state index contributed by atoms with van der Waals surface area (Å²) in [4.78, 5) is 35.3. The maximum Gasteiger partial charge on any atom is 0.229 e.